The smallest absolute Gasteiger partial charge is 0.125 e. The predicted octanol–water partition coefficient (Wildman–Crippen LogP) is 4.08. The third-order valence-corrected chi connectivity index (χ3v) is 3.94. The Bertz CT molecular complexity index is 777. The van der Waals surface area contributed by atoms with Gasteiger partial charge in [0.2, 0.25) is 0 Å². The Kier molecular flexibility index (Phi) is 2.80. The van der Waals surface area contributed by atoms with Crippen molar-refractivity contribution in [2.45, 2.75) is 0 Å². The monoisotopic (exact) mass is 270 g/mol. The van der Waals surface area contributed by atoms with Crippen molar-refractivity contribution in [1.29, 1.82) is 0 Å². The van der Waals surface area contributed by atoms with Gasteiger partial charge >= 0.3 is 0 Å². The zero-order valence-corrected chi connectivity index (χ0v) is 10.9. The van der Waals surface area contributed by atoms with Gasteiger partial charge in [0.05, 0.1) is 10.2 Å². The Hall–Kier alpha value is -2.20. The highest BCUT2D eigenvalue weighted by molar-refractivity contribution is 7.19. The molecule has 0 aliphatic heterocycles. The van der Waals surface area contributed by atoms with E-state index >= 15 is 0 Å². The fourth-order valence-electron chi connectivity index (χ4n) is 1.88. The van der Waals surface area contributed by atoms with Gasteiger partial charge in [0, 0.05) is 17.3 Å². The van der Waals surface area contributed by atoms with E-state index in [1.807, 2.05) is 24.3 Å². The molecule has 0 radical (unpaired) electrons. The number of benzene rings is 2. The average molecular weight is 270 g/mol. The van der Waals surface area contributed by atoms with Crippen LogP contribution in [0.25, 0.3) is 15.8 Å². The molecular formula is C15H11FN2S. The van der Waals surface area contributed by atoms with Gasteiger partial charge in [0.15, 0.2) is 0 Å². The Morgan fingerprint density at radius 2 is 2.05 bits per heavy atom. The zero-order valence-electron chi connectivity index (χ0n) is 10.1. The quantitative estimate of drug-likeness (QED) is 0.713. The van der Waals surface area contributed by atoms with Crippen LogP contribution in [-0.2, 0) is 0 Å². The van der Waals surface area contributed by atoms with Gasteiger partial charge in [-0.3, -0.25) is 0 Å². The predicted molar refractivity (Wildman–Crippen MR) is 78.6 cm³/mol. The van der Waals surface area contributed by atoms with Crippen LogP contribution in [0.15, 0.2) is 49.0 Å². The number of nitrogens with two attached hydrogens (primary N) is 1. The summed E-state index contributed by atoms with van der Waals surface area (Å²) in [6.07, 6.45) is 0. The van der Waals surface area contributed by atoms with E-state index in [1.165, 1.54) is 23.5 Å². The molecule has 1 aromatic heterocycles. The van der Waals surface area contributed by atoms with Crippen molar-refractivity contribution in [1.82, 2.24) is 4.98 Å². The van der Waals surface area contributed by atoms with Gasteiger partial charge in [0.1, 0.15) is 10.8 Å². The molecule has 4 heteroatoms. The first-order valence-corrected chi connectivity index (χ1v) is 6.56. The van der Waals surface area contributed by atoms with Crippen molar-refractivity contribution < 1.29 is 4.39 Å². The van der Waals surface area contributed by atoms with E-state index in [2.05, 4.69) is 11.6 Å². The first kappa shape index (κ1) is 11.9. The highest BCUT2D eigenvalue weighted by atomic mass is 32.1. The maximum absolute atomic E-state index is 13.1. The lowest BCUT2D eigenvalue weighted by Gasteiger charge is -2.02. The first-order valence-electron chi connectivity index (χ1n) is 5.75. The molecule has 0 fully saturated rings. The van der Waals surface area contributed by atoms with Crippen LogP contribution >= 0.6 is 11.3 Å². The average Bonchev–Trinajstić information content (AvgIpc) is 2.80. The minimum absolute atomic E-state index is 0.279. The van der Waals surface area contributed by atoms with E-state index in [0.29, 0.717) is 11.2 Å². The number of nitrogen functional groups attached to an aromatic ring is 1. The van der Waals surface area contributed by atoms with Gasteiger partial charge in [-0.2, -0.15) is 0 Å². The van der Waals surface area contributed by atoms with Crippen LogP contribution in [0.1, 0.15) is 10.6 Å². The van der Waals surface area contributed by atoms with Crippen molar-refractivity contribution in [3.05, 3.63) is 65.4 Å². The van der Waals surface area contributed by atoms with E-state index in [9.17, 15) is 4.39 Å². The van der Waals surface area contributed by atoms with Gasteiger partial charge < -0.3 is 5.73 Å². The molecule has 0 unspecified atom stereocenters. The number of nitrogens with zero attached hydrogens (tertiary/aromatic N) is 1. The molecule has 94 valence electrons. The molecule has 3 aromatic rings. The summed E-state index contributed by atoms with van der Waals surface area (Å²) in [5.41, 5.74) is 8.84. The molecule has 0 aliphatic carbocycles. The Morgan fingerprint density at radius 1 is 1.21 bits per heavy atom. The molecule has 19 heavy (non-hydrogen) atoms. The number of hydrogen-bond donors (Lipinski definition) is 1. The van der Waals surface area contributed by atoms with Gasteiger partial charge in [-0.15, -0.1) is 11.3 Å². The highest BCUT2D eigenvalue weighted by Gasteiger charge is 2.09. The molecule has 0 saturated carbocycles. The fraction of sp³-hybridized carbons (Fsp3) is 0. The molecule has 2 N–H and O–H groups in total. The third kappa shape index (κ3) is 2.22. The molecule has 2 aromatic carbocycles. The summed E-state index contributed by atoms with van der Waals surface area (Å²) in [5.74, 6) is -0.279. The van der Waals surface area contributed by atoms with Crippen LogP contribution in [0.3, 0.4) is 0 Å². The molecule has 0 bridgehead atoms. The molecule has 0 saturated heterocycles. The second kappa shape index (κ2) is 4.48. The normalized spacial score (nSPS) is 10.8. The molecule has 2 nitrogen and oxygen atoms in total. The Labute approximate surface area is 114 Å². The maximum Gasteiger partial charge on any atom is 0.125 e. The van der Waals surface area contributed by atoms with E-state index in [-0.39, 0.29) is 5.82 Å². The van der Waals surface area contributed by atoms with Crippen LogP contribution in [0.4, 0.5) is 10.1 Å². The van der Waals surface area contributed by atoms with Crippen molar-refractivity contribution in [3.8, 4) is 0 Å². The van der Waals surface area contributed by atoms with Crippen molar-refractivity contribution in [3.63, 3.8) is 0 Å². The highest BCUT2D eigenvalue weighted by Crippen LogP contribution is 2.30. The van der Waals surface area contributed by atoms with Gasteiger partial charge in [-0.25, -0.2) is 9.37 Å². The molecule has 0 amide bonds. The Morgan fingerprint density at radius 3 is 2.84 bits per heavy atom. The van der Waals surface area contributed by atoms with Crippen molar-refractivity contribution >= 4 is 32.8 Å². The van der Waals surface area contributed by atoms with E-state index < -0.39 is 0 Å². The van der Waals surface area contributed by atoms with Crippen LogP contribution in [0.5, 0.6) is 0 Å². The molecule has 0 atom stereocenters. The standard InChI is InChI=1S/C15H11FN2S/c1-9(10-3-2-4-12(17)7-10)15-18-13-8-11(16)5-6-14(13)19-15/h2-8H,1,17H2. The van der Waals surface area contributed by atoms with Gasteiger partial charge in [-0.1, -0.05) is 18.7 Å². The number of thiazole rings is 1. The number of halogens is 1. The number of fused-ring (bicyclic) bond motifs is 1. The topological polar surface area (TPSA) is 38.9 Å². The molecule has 0 aliphatic rings. The van der Waals surface area contributed by atoms with Crippen LogP contribution in [-0.4, -0.2) is 4.98 Å². The maximum atomic E-state index is 13.1. The molecule has 0 spiro atoms. The third-order valence-electron chi connectivity index (χ3n) is 2.84. The molecule has 1 heterocycles. The van der Waals surface area contributed by atoms with E-state index in [0.717, 1.165) is 20.8 Å². The molecular weight excluding hydrogens is 259 g/mol. The lowest BCUT2D eigenvalue weighted by atomic mass is 10.1. The number of rotatable bonds is 2. The van der Waals surface area contributed by atoms with Crippen LogP contribution < -0.4 is 5.73 Å². The number of aromatic nitrogens is 1. The largest absolute Gasteiger partial charge is 0.399 e. The van der Waals surface area contributed by atoms with E-state index in [4.69, 9.17) is 5.73 Å². The summed E-state index contributed by atoms with van der Waals surface area (Å²) in [6.45, 7) is 4.05. The van der Waals surface area contributed by atoms with Gasteiger partial charge in [0.25, 0.3) is 0 Å². The summed E-state index contributed by atoms with van der Waals surface area (Å²) in [5, 5.41) is 0.784. The molecule has 3 rings (SSSR count). The van der Waals surface area contributed by atoms with Crippen LogP contribution in [0.2, 0.25) is 0 Å². The number of hydrogen-bond acceptors (Lipinski definition) is 3. The number of anilines is 1. The lowest BCUT2D eigenvalue weighted by molar-refractivity contribution is 0.629. The first-order chi connectivity index (χ1) is 9.13. The summed E-state index contributed by atoms with van der Waals surface area (Å²) in [4.78, 5) is 4.42. The minimum atomic E-state index is -0.279. The fourth-order valence-corrected chi connectivity index (χ4v) is 2.82. The summed E-state index contributed by atoms with van der Waals surface area (Å²) < 4.78 is 14.1. The summed E-state index contributed by atoms with van der Waals surface area (Å²) >= 11 is 1.50. The van der Waals surface area contributed by atoms with Crippen LogP contribution in [0, 0.1) is 5.82 Å². The summed E-state index contributed by atoms with van der Waals surface area (Å²) in [7, 11) is 0. The zero-order chi connectivity index (χ0) is 13.4. The Balaban J connectivity index is 2.06. The lowest BCUT2D eigenvalue weighted by Crippen LogP contribution is -1.89. The van der Waals surface area contributed by atoms with E-state index in [1.54, 1.807) is 6.07 Å². The van der Waals surface area contributed by atoms with Crippen molar-refractivity contribution in [2.75, 3.05) is 5.73 Å². The second-order valence-corrected chi connectivity index (χ2v) is 5.27. The van der Waals surface area contributed by atoms with Crippen molar-refractivity contribution in [2.24, 2.45) is 0 Å². The van der Waals surface area contributed by atoms with Gasteiger partial charge in [-0.05, 0) is 29.8 Å². The minimum Gasteiger partial charge on any atom is -0.399 e. The SMILES string of the molecule is C=C(c1cccc(N)c1)c1nc2cc(F)ccc2s1. The second-order valence-electron chi connectivity index (χ2n) is 4.24. The summed E-state index contributed by atoms with van der Waals surface area (Å²) in [6, 6.07) is 12.1.